The zero-order valence-corrected chi connectivity index (χ0v) is 6.50. The molecule has 0 fully saturated rings. The van der Waals surface area contributed by atoms with E-state index < -0.39 is 0 Å². The van der Waals surface area contributed by atoms with Gasteiger partial charge in [0.05, 0.1) is 0 Å². The molecule has 0 heterocycles. The minimum absolute atomic E-state index is 0.799. The zero-order valence-electron chi connectivity index (χ0n) is 5.68. The van der Waals surface area contributed by atoms with Crippen LogP contribution in [0.1, 0.15) is 20.3 Å². The summed E-state index contributed by atoms with van der Waals surface area (Å²) in [6, 6.07) is 0. The summed E-state index contributed by atoms with van der Waals surface area (Å²) in [5.41, 5.74) is 0. The Bertz CT molecular complexity index is 59.4. The first-order valence-corrected chi connectivity index (χ1v) is 4.08. The monoisotopic (exact) mass is 130 g/mol. The van der Waals surface area contributed by atoms with Crippen molar-refractivity contribution < 1.29 is 0 Å². The smallest absolute Gasteiger partial charge is 0.0113 e. The van der Waals surface area contributed by atoms with E-state index in [1.807, 2.05) is 17.8 Å². The minimum Gasteiger partial charge on any atom is -0.155 e. The van der Waals surface area contributed by atoms with E-state index in [9.17, 15) is 0 Å². The topological polar surface area (TPSA) is 0 Å². The summed E-state index contributed by atoms with van der Waals surface area (Å²) in [6.45, 7) is 8.10. The molecule has 8 heavy (non-hydrogen) atoms. The highest BCUT2D eigenvalue weighted by molar-refractivity contribution is 8.00. The first kappa shape index (κ1) is 8.09. The fourth-order valence-electron chi connectivity index (χ4n) is 0.350. The Morgan fingerprint density at radius 3 is 2.75 bits per heavy atom. The van der Waals surface area contributed by atoms with Crippen molar-refractivity contribution in [2.45, 2.75) is 25.5 Å². The minimum atomic E-state index is 0.799. The average molecular weight is 130 g/mol. The Labute approximate surface area is 56.4 Å². The Morgan fingerprint density at radius 1 is 1.75 bits per heavy atom. The van der Waals surface area contributed by atoms with Crippen molar-refractivity contribution >= 4 is 11.8 Å². The number of rotatable bonds is 4. The molecule has 0 nitrogen and oxygen atoms in total. The molecule has 0 N–H and O–H groups in total. The number of hydrogen-bond acceptors (Lipinski definition) is 1. The van der Waals surface area contributed by atoms with E-state index in [2.05, 4.69) is 20.4 Å². The highest BCUT2D eigenvalue weighted by Crippen LogP contribution is 2.12. The van der Waals surface area contributed by atoms with Gasteiger partial charge < -0.3 is 0 Å². The van der Waals surface area contributed by atoms with E-state index >= 15 is 0 Å². The van der Waals surface area contributed by atoms with Crippen LogP contribution in [0.5, 0.6) is 0 Å². The van der Waals surface area contributed by atoms with Crippen LogP contribution < -0.4 is 0 Å². The van der Waals surface area contributed by atoms with Gasteiger partial charge in [-0.05, 0) is 6.42 Å². The van der Waals surface area contributed by atoms with Crippen LogP contribution in [0.15, 0.2) is 12.7 Å². The fraction of sp³-hybridized carbons (Fsp3) is 0.714. The predicted molar refractivity (Wildman–Crippen MR) is 42.4 cm³/mol. The lowest BCUT2D eigenvalue weighted by molar-refractivity contribution is 0.907. The maximum absolute atomic E-state index is 3.65. The first-order valence-electron chi connectivity index (χ1n) is 3.03. The normalized spacial score (nSPS) is 13.2. The molecular formula is C7H14S. The Balaban J connectivity index is 2.97. The number of thioether (sulfide) groups is 1. The van der Waals surface area contributed by atoms with Gasteiger partial charge in [-0.2, -0.15) is 11.8 Å². The molecule has 0 amide bonds. The van der Waals surface area contributed by atoms with Gasteiger partial charge in [-0.1, -0.05) is 19.9 Å². The summed E-state index contributed by atoms with van der Waals surface area (Å²) in [5.74, 6) is 1.09. The van der Waals surface area contributed by atoms with E-state index in [1.54, 1.807) is 0 Å². The van der Waals surface area contributed by atoms with Crippen LogP contribution in [0.4, 0.5) is 0 Å². The molecule has 0 aliphatic heterocycles. The van der Waals surface area contributed by atoms with E-state index in [1.165, 1.54) is 6.42 Å². The quantitative estimate of drug-likeness (QED) is 0.527. The van der Waals surface area contributed by atoms with Crippen molar-refractivity contribution in [3.05, 3.63) is 12.7 Å². The van der Waals surface area contributed by atoms with Gasteiger partial charge in [-0.25, -0.2) is 0 Å². The molecule has 0 aromatic rings. The summed E-state index contributed by atoms with van der Waals surface area (Å²) < 4.78 is 0. The fourth-order valence-corrected chi connectivity index (χ4v) is 1.05. The van der Waals surface area contributed by atoms with Gasteiger partial charge in [-0.15, -0.1) is 6.58 Å². The van der Waals surface area contributed by atoms with Crippen molar-refractivity contribution in [1.29, 1.82) is 0 Å². The third-order valence-electron chi connectivity index (χ3n) is 1.07. The lowest BCUT2D eigenvalue weighted by atomic mass is 10.4. The molecule has 0 aliphatic rings. The molecule has 0 aromatic carbocycles. The van der Waals surface area contributed by atoms with Crippen LogP contribution in [0.3, 0.4) is 0 Å². The summed E-state index contributed by atoms with van der Waals surface area (Å²) >= 11 is 1.96. The van der Waals surface area contributed by atoms with E-state index in [4.69, 9.17) is 0 Å². The molecule has 1 atom stereocenters. The lowest BCUT2D eigenvalue weighted by Crippen LogP contribution is -1.91. The lowest BCUT2D eigenvalue weighted by Gasteiger charge is -2.03. The van der Waals surface area contributed by atoms with Crippen molar-refractivity contribution in [1.82, 2.24) is 0 Å². The second-order valence-corrected chi connectivity index (χ2v) is 3.31. The Morgan fingerprint density at radius 2 is 2.38 bits per heavy atom. The summed E-state index contributed by atoms with van der Waals surface area (Å²) in [5, 5.41) is 0.799. The van der Waals surface area contributed by atoms with Crippen molar-refractivity contribution in [2.24, 2.45) is 0 Å². The predicted octanol–water partition coefficient (Wildman–Crippen LogP) is 2.70. The molecule has 0 spiro atoms. The highest BCUT2D eigenvalue weighted by Gasteiger charge is 1.93. The first-order chi connectivity index (χ1) is 3.81. The second-order valence-electron chi connectivity index (χ2n) is 1.84. The van der Waals surface area contributed by atoms with Gasteiger partial charge in [0.2, 0.25) is 0 Å². The average Bonchev–Trinajstić information content (AvgIpc) is 1.83. The molecule has 1 heteroatoms. The summed E-state index contributed by atoms with van der Waals surface area (Å²) in [6.07, 6.45) is 3.22. The Kier molecular flexibility index (Phi) is 5.29. The molecule has 0 saturated heterocycles. The van der Waals surface area contributed by atoms with Crippen molar-refractivity contribution in [2.75, 3.05) is 5.75 Å². The van der Waals surface area contributed by atoms with Crippen molar-refractivity contribution in [3.8, 4) is 0 Å². The van der Waals surface area contributed by atoms with Crippen LogP contribution in [-0.4, -0.2) is 11.0 Å². The third-order valence-corrected chi connectivity index (χ3v) is 2.40. The maximum Gasteiger partial charge on any atom is 0.0113 e. The maximum atomic E-state index is 3.65. The molecule has 0 aliphatic carbocycles. The van der Waals surface area contributed by atoms with Crippen LogP contribution in [0.2, 0.25) is 0 Å². The van der Waals surface area contributed by atoms with Gasteiger partial charge in [-0.3, -0.25) is 0 Å². The second kappa shape index (κ2) is 5.23. The van der Waals surface area contributed by atoms with Gasteiger partial charge in [0.25, 0.3) is 0 Å². The van der Waals surface area contributed by atoms with Crippen molar-refractivity contribution in [3.63, 3.8) is 0 Å². The molecule has 48 valence electrons. The summed E-state index contributed by atoms with van der Waals surface area (Å²) in [7, 11) is 0. The van der Waals surface area contributed by atoms with Gasteiger partial charge in [0.15, 0.2) is 0 Å². The van der Waals surface area contributed by atoms with Gasteiger partial charge in [0.1, 0.15) is 0 Å². The van der Waals surface area contributed by atoms with Crippen LogP contribution in [-0.2, 0) is 0 Å². The van der Waals surface area contributed by atoms with E-state index in [0.717, 1.165) is 11.0 Å². The SMILES string of the molecule is C=CCS[C@@H](C)CC. The molecule has 0 aromatic heterocycles. The molecule has 0 radical (unpaired) electrons. The van der Waals surface area contributed by atoms with Crippen LogP contribution in [0, 0.1) is 0 Å². The molecule has 0 bridgehead atoms. The Hall–Kier alpha value is 0.0900. The van der Waals surface area contributed by atoms with Crippen LogP contribution in [0.25, 0.3) is 0 Å². The molecular weight excluding hydrogens is 116 g/mol. The molecule has 0 unspecified atom stereocenters. The summed E-state index contributed by atoms with van der Waals surface area (Å²) in [4.78, 5) is 0. The zero-order chi connectivity index (χ0) is 6.41. The third kappa shape index (κ3) is 4.25. The van der Waals surface area contributed by atoms with E-state index in [-0.39, 0.29) is 0 Å². The highest BCUT2D eigenvalue weighted by atomic mass is 32.2. The standard InChI is InChI=1S/C7H14S/c1-4-6-8-7(3)5-2/h4,7H,1,5-6H2,2-3H3/t7-/m0/s1. The number of hydrogen-bond donors (Lipinski definition) is 0. The van der Waals surface area contributed by atoms with Gasteiger partial charge >= 0.3 is 0 Å². The largest absolute Gasteiger partial charge is 0.155 e. The van der Waals surface area contributed by atoms with E-state index in [0.29, 0.717) is 0 Å². The molecule has 0 saturated carbocycles. The van der Waals surface area contributed by atoms with Crippen LogP contribution >= 0.6 is 11.8 Å². The van der Waals surface area contributed by atoms with Gasteiger partial charge in [0, 0.05) is 11.0 Å². The molecule has 0 rings (SSSR count).